The van der Waals surface area contributed by atoms with Gasteiger partial charge in [0.15, 0.2) is 5.96 Å². The molecular weight excluding hydrogens is 1820 g/mol. The number of hydrogen-bond donors (Lipinski definition) is 19. The highest BCUT2D eigenvalue weighted by molar-refractivity contribution is 7.99. The molecule has 13 amide bonds. The van der Waals surface area contributed by atoms with Crippen LogP contribution < -0.4 is 86.7 Å². The van der Waals surface area contributed by atoms with Gasteiger partial charge < -0.3 is 126 Å². The largest absolute Gasteiger partial charge is 0.480 e. The Kier molecular flexibility index (Phi) is 50.9. The van der Waals surface area contributed by atoms with Crippen molar-refractivity contribution in [3.05, 3.63) is 53.1 Å². The number of aromatic nitrogens is 2. The van der Waals surface area contributed by atoms with Crippen molar-refractivity contribution in [1.29, 1.82) is 0 Å². The number of aliphatic carboxylic acids is 1. The summed E-state index contributed by atoms with van der Waals surface area (Å²) in [7, 11) is 1.67. The number of unbranched alkanes of at least 4 members (excludes halogenated alkanes) is 3. The quantitative estimate of drug-likeness (QED) is 0.0196. The minimum Gasteiger partial charge on any atom is -0.480 e. The lowest BCUT2D eigenvalue weighted by atomic mass is 9.84. The summed E-state index contributed by atoms with van der Waals surface area (Å²) in [6.07, 6.45) is 17.9. The monoisotopic (exact) mass is 1980 g/mol. The number of thioether (sulfide) groups is 1. The summed E-state index contributed by atoms with van der Waals surface area (Å²) >= 11 is 7.35. The van der Waals surface area contributed by atoms with Crippen molar-refractivity contribution in [2.24, 2.45) is 45.7 Å². The molecule has 0 radical (unpaired) electrons. The molecule has 2 aliphatic carbocycles. The minimum absolute atomic E-state index is 0.00631. The number of imidazole rings is 1. The van der Waals surface area contributed by atoms with Crippen molar-refractivity contribution in [3.63, 3.8) is 0 Å². The SMILES string of the molecule is CCCCC(NC(=O)C1CC2CCCCC2N1C(=O)CNC(=O)C(CCCCN)NC(=O)C(Cc1cnc[nH]1)NCC(CO)NC(=O)C(CC1CCCCC1)NC(=O)C(CCCCNCN)NC(=O)C1CCCN1C(=O)C(CCCN=C(N)N)NC(=O)C(CC(C)C)NC(=O)CCSCC(=O)NCCCC(C)(C)OCCC(C)(C)OC)C(=O)N1CCCC1C(=O)NC(Cc1ccc(Cl)cc1)C(=O)O. The first-order valence-corrected chi connectivity index (χ1v) is 51.6. The molecule has 2 aromatic rings. The third-order valence-electron chi connectivity index (χ3n) is 26.7. The molecule has 3 saturated heterocycles. The van der Waals surface area contributed by atoms with Gasteiger partial charge >= 0.3 is 5.97 Å². The predicted octanol–water partition coefficient (Wildman–Crippen LogP) is 2.72. The zero-order valence-corrected chi connectivity index (χ0v) is 84.1. The number of methoxy groups -OCH3 is 1. The van der Waals surface area contributed by atoms with Gasteiger partial charge in [0.25, 0.3) is 0 Å². The number of carboxylic acid groups (broad SMARTS) is 1. The molecule has 14 atom stereocenters. The normalized spacial score (nSPS) is 19.3. The Hall–Kier alpha value is -9.36. The number of aromatic amines is 1. The van der Waals surface area contributed by atoms with E-state index in [0.717, 1.165) is 64.2 Å². The molecule has 14 unspecified atom stereocenters. The second-order valence-corrected chi connectivity index (χ2v) is 40.6. The molecule has 23 N–H and O–H groups in total. The van der Waals surface area contributed by atoms with E-state index in [4.69, 9.17) is 44.0 Å². The van der Waals surface area contributed by atoms with Crippen molar-refractivity contribution in [2.75, 3.05) is 90.9 Å². The summed E-state index contributed by atoms with van der Waals surface area (Å²) in [5.41, 5.74) is 23.5. The van der Waals surface area contributed by atoms with E-state index in [2.05, 4.69) is 78.8 Å². The summed E-state index contributed by atoms with van der Waals surface area (Å²) in [5, 5.41) is 56.8. The number of likely N-dealkylation sites (tertiary alicyclic amines) is 3. The summed E-state index contributed by atoms with van der Waals surface area (Å²) < 4.78 is 11.6. The van der Waals surface area contributed by atoms with Crippen molar-refractivity contribution < 1.29 is 86.8 Å². The summed E-state index contributed by atoms with van der Waals surface area (Å²) in [6, 6.07) is -7.59. The molecule has 138 heavy (non-hydrogen) atoms. The topological polar surface area (TPSA) is 597 Å². The van der Waals surface area contributed by atoms with Crippen molar-refractivity contribution in [1.82, 2.24) is 88.5 Å². The van der Waals surface area contributed by atoms with Gasteiger partial charge in [-0.2, -0.15) is 11.8 Å². The fourth-order valence-corrected chi connectivity index (χ4v) is 19.6. The van der Waals surface area contributed by atoms with Crippen LogP contribution in [0.4, 0.5) is 0 Å². The van der Waals surface area contributed by atoms with Gasteiger partial charge in [-0.3, -0.25) is 67.3 Å². The first-order valence-electron chi connectivity index (χ1n) is 50.1. The lowest BCUT2D eigenvalue weighted by molar-refractivity contribution is -0.145. The number of aliphatic hydroxyl groups is 1. The molecule has 0 bridgehead atoms. The van der Waals surface area contributed by atoms with Crippen LogP contribution in [0.1, 0.15) is 259 Å². The Labute approximate surface area is 822 Å². The predicted molar refractivity (Wildman–Crippen MR) is 527 cm³/mol. The first-order chi connectivity index (χ1) is 66.0. The number of fused-ring (bicyclic) bond motifs is 1. The van der Waals surface area contributed by atoms with E-state index >= 15 is 14.4 Å². The number of aliphatic hydroxyl groups excluding tert-OH is 1. The molecule has 0 spiro atoms. The van der Waals surface area contributed by atoms with Crippen LogP contribution in [-0.2, 0) is 89.4 Å². The maximum atomic E-state index is 15.1. The van der Waals surface area contributed by atoms with E-state index in [1.54, 1.807) is 31.4 Å². The molecular formula is C96H161ClN22O18S. The Morgan fingerprint density at radius 1 is 0.616 bits per heavy atom. The molecule has 5 aliphatic rings. The fraction of sp³-hybridized carbons (Fsp3) is 0.750. The number of rotatable bonds is 64. The molecule has 4 heterocycles. The highest BCUT2D eigenvalue weighted by Crippen LogP contribution is 2.40. The third-order valence-corrected chi connectivity index (χ3v) is 27.9. The van der Waals surface area contributed by atoms with Crippen molar-refractivity contribution in [3.8, 4) is 0 Å². The molecule has 7 rings (SSSR count). The van der Waals surface area contributed by atoms with Gasteiger partial charge in [0.1, 0.15) is 60.4 Å². The fourth-order valence-electron chi connectivity index (χ4n) is 18.7. The number of hydrogen-bond acceptors (Lipinski definition) is 24. The van der Waals surface area contributed by atoms with Gasteiger partial charge in [-0.15, -0.1) is 0 Å². The molecule has 5 fully saturated rings. The number of carbonyl (C=O) groups is 14. The van der Waals surface area contributed by atoms with Gasteiger partial charge in [0.05, 0.1) is 55.1 Å². The number of carbonyl (C=O) groups excluding carboxylic acids is 13. The number of amides is 13. The van der Waals surface area contributed by atoms with Gasteiger partial charge in [0, 0.05) is 94.5 Å². The van der Waals surface area contributed by atoms with E-state index in [9.17, 15) is 63.0 Å². The summed E-state index contributed by atoms with van der Waals surface area (Å²) in [6.45, 7) is 14.6. The number of H-pyrrole nitrogens is 1. The molecule has 40 nitrogen and oxygen atoms in total. The van der Waals surface area contributed by atoms with Crippen molar-refractivity contribution >= 4 is 112 Å². The third kappa shape index (κ3) is 40.0. The highest BCUT2D eigenvalue weighted by Gasteiger charge is 2.50. The van der Waals surface area contributed by atoms with Crippen LogP contribution in [0.15, 0.2) is 41.8 Å². The lowest BCUT2D eigenvalue weighted by Gasteiger charge is -2.34. The van der Waals surface area contributed by atoms with Crippen molar-refractivity contribution in [2.45, 2.75) is 350 Å². The second-order valence-electron chi connectivity index (χ2n) is 39.1. The number of carboxylic acids is 1. The number of nitrogens with zero attached hydrogens (tertiary/aromatic N) is 5. The Morgan fingerprint density at radius 3 is 1.84 bits per heavy atom. The molecule has 776 valence electrons. The molecule has 2 saturated carbocycles. The zero-order chi connectivity index (χ0) is 101. The van der Waals surface area contributed by atoms with Crippen LogP contribution >= 0.6 is 23.4 Å². The average molecular weight is 1980 g/mol. The molecule has 1 aromatic carbocycles. The smallest absolute Gasteiger partial charge is 0.326 e. The van der Waals surface area contributed by atoms with Gasteiger partial charge in [-0.1, -0.05) is 102 Å². The standard InChI is InChI=1S/C96H161ClN22O18S/c1-9-10-27-70(91(132)118-46-22-33-78(118)89(130)116-75(93(134)135)51-63-34-36-65(97)37-35-63)114-90(131)79-52-64-26-14-15-31-76(64)119(79)82(123)56-107-83(124)68(28-16-18-41-98)111-85(126)72(53-66-54-103-60-108-66)106-55-67(57-120)109-86(127)74(50-62-24-12-11-13-25-62)115-84(125)69(29-17-19-42-102-59-99)112-88(129)77-32-21-45-117(77)92(133)71(30-20-43-105-94(100)101)113-87(128)73(49-61(2)3)110-80(121)38-48-138-58-81(122)104-44-23-39-96(6,7)137-47-40-95(4,5)136-8/h34-37,54,60-62,64,67-79,102,106,120H,9-33,38-53,55-59,98-99H2,1-8H3,(H,103,108)(H,104,122)(H,107,124)(H,109,127)(H,110,121)(H,111,126)(H,112,129)(H,113,128)(H,114,131)(H,115,125)(H,116,130)(H,134,135)(H4,100,101,105). The second kappa shape index (κ2) is 60.7. The van der Waals surface area contributed by atoms with E-state index in [-0.39, 0.29) is 169 Å². The Bertz CT molecular complexity index is 4200. The Morgan fingerprint density at radius 2 is 1.21 bits per heavy atom. The van der Waals surface area contributed by atoms with Crippen LogP contribution in [0, 0.1) is 17.8 Å². The van der Waals surface area contributed by atoms with Crippen LogP contribution in [0.2, 0.25) is 5.02 Å². The van der Waals surface area contributed by atoms with Crippen LogP contribution in [-0.4, -0.2) is 304 Å². The van der Waals surface area contributed by atoms with E-state index in [1.807, 2.05) is 48.5 Å². The summed E-state index contributed by atoms with van der Waals surface area (Å²) in [4.78, 5) is 217. The molecule has 1 aromatic heterocycles. The molecule has 3 aliphatic heterocycles. The highest BCUT2D eigenvalue weighted by atomic mass is 35.5. The van der Waals surface area contributed by atoms with E-state index in [0.29, 0.717) is 107 Å². The van der Waals surface area contributed by atoms with Gasteiger partial charge in [0.2, 0.25) is 76.8 Å². The summed E-state index contributed by atoms with van der Waals surface area (Å²) in [5.74, 6) is -8.68. The van der Waals surface area contributed by atoms with Crippen LogP contribution in [0.25, 0.3) is 0 Å². The maximum Gasteiger partial charge on any atom is 0.326 e. The Balaban J connectivity index is 1.00. The maximum absolute atomic E-state index is 15.1. The zero-order valence-electron chi connectivity index (χ0n) is 82.5. The van der Waals surface area contributed by atoms with Crippen LogP contribution in [0.5, 0.6) is 0 Å². The van der Waals surface area contributed by atoms with Crippen LogP contribution in [0.3, 0.4) is 0 Å². The number of nitrogens with two attached hydrogens (primary N) is 4. The van der Waals surface area contributed by atoms with E-state index in [1.165, 1.54) is 39.0 Å². The average Bonchev–Trinajstić information content (AvgIpc) is 1.63. The minimum atomic E-state index is -1.31. The van der Waals surface area contributed by atoms with E-state index < -0.39 is 168 Å². The number of ether oxygens (including phenoxy) is 2. The number of aliphatic imine (C=N–C) groups is 1. The number of guanidine groups is 1. The molecule has 42 heteroatoms. The van der Waals surface area contributed by atoms with Gasteiger partial charge in [-0.25, -0.2) is 9.78 Å². The number of halogens is 1. The first kappa shape index (κ1) is 116. The number of benzene rings is 1. The van der Waals surface area contributed by atoms with Gasteiger partial charge in [-0.05, 0) is 211 Å². The lowest BCUT2D eigenvalue weighted by Crippen LogP contribution is -2.60. The number of nitrogens with one attached hydrogen (secondary N) is 13.